The van der Waals surface area contributed by atoms with Crippen LogP contribution in [0.15, 0.2) is 23.2 Å². The molecule has 2 aliphatic carbocycles. The topological polar surface area (TPSA) is 50.7 Å². The number of rotatable bonds is 7. The molecule has 0 saturated heterocycles. The maximum Gasteiger partial charge on any atom is 0.417 e. The molecule has 1 aromatic carbocycles. The number of ether oxygens (including phenoxy) is 1. The van der Waals surface area contributed by atoms with Gasteiger partial charge < -0.3 is 10.1 Å². The number of hydrogen-bond donors (Lipinski definition) is 1. The smallest absolute Gasteiger partial charge is 0.417 e. The Labute approximate surface area is 181 Å². The number of fused-ring (bicyclic) bond motifs is 1. The lowest BCUT2D eigenvalue weighted by molar-refractivity contribution is -0.137. The van der Waals surface area contributed by atoms with E-state index in [1.54, 1.807) is 0 Å². The Hall–Kier alpha value is -2.05. The minimum Gasteiger partial charge on any atom is -0.481 e. The number of carbonyl (C=O) groups is 1. The minimum absolute atomic E-state index is 0.0695. The number of amides is 1. The van der Waals surface area contributed by atoms with Crippen molar-refractivity contribution in [2.24, 2.45) is 22.7 Å². The summed E-state index contributed by atoms with van der Waals surface area (Å²) in [6, 6.07) is 4.07. The van der Waals surface area contributed by atoms with Gasteiger partial charge in [0.1, 0.15) is 5.75 Å². The van der Waals surface area contributed by atoms with Crippen LogP contribution in [0.3, 0.4) is 0 Å². The molecule has 2 saturated carbocycles. The Kier molecular flexibility index (Phi) is 6.31. The Morgan fingerprint density at radius 2 is 1.94 bits per heavy atom. The first-order valence-corrected chi connectivity index (χ1v) is 11.4. The summed E-state index contributed by atoms with van der Waals surface area (Å²) in [6.07, 6.45) is 2.11. The molecule has 4 unspecified atom stereocenters. The molecule has 0 aromatic heterocycles. The van der Waals surface area contributed by atoms with Crippen LogP contribution in [-0.2, 0) is 11.0 Å². The average Bonchev–Trinajstić information content (AvgIpc) is 3.48. The highest BCUT2D eigenvalue weighted by molar-refractivity contribution is 6.11. The van der Waals surface area contributed by atoms with Crippen LogP contribution >= 0.6 is 0 Å². The van der Waals surface area contributed by atoms with Crippen molar-refractivity contribution in [3.8, 4) is 5.75 Å². The fourth-order valence-electron chi connectivity index (χ4n) is 5.28. The standard InChI is InChI=1S/C24H31F3N2O2/c1-14(2)11-22(23(30)29-20-10-7-15-5-3-4-6-17(15)20)31-16-8-9-18(21-13-28-21)19(12-16)24(25,26)27/h8-9,12,14-15,17,20,22H,3-7,10-11,13H2,1-2H3,(H,29,30). The highest BCUT2D eigenvalue weighted by Crippen LogP contribution is 2.42. The number of halogens is 3. The normalized spacial score (nSPS) is 26.3. The summed E-state index contributed by atoms with van der Waals surface area (Å²) in [6.45, 7) is 4.29. The third-order valence-electron chi connectivity index (χ3n) is 6.84. The van der Waals surface area contributed by atoms with E-state index in [1.165, 1.54) is 31.4 Å². The molecule has 0 radical (unpaired) electrons. The summed E-state index contributed by atoms with van der Waals surface area (Å²) >= 11 is 0. The highest BCUT2D eigenvalue weighted by Gasteiger charge is 2.40. The molecular formula is C24H31F3N2O2. The van der Waals surface area contributed by atoms with E-state index in [9.17, 15) is 18.0 Å². The van der Waals surface area contributed by atoms with Crippen LogP contribution in [0.2, 0.25) is 0 Å². The molecule has 4 rings (SSSR count). The predicted octanol–water partition coefficient (Wildman–Crippen LogP) is 5.39. The van der Waals surface area contributed by atoms with Crippen molar-refractivity contribution < 1.29 is 22.7 Å². The number of nitrogens with zero attached hydrogens (tertiary/aromatic N) is 1. The van der Waals surface area contributed by atoms with Crippen molar-refractivity contribution in [1.82, 2.24) is 5.32 Å². The zero-order valence-corrected chi connectivity index (χ0v) is 18.2. The van der Waals surface area contributed by atoms with Crippen molar-refractivity contribution in [3.63, 3.8) is 0 Å². The minimum atomic E-state index is -4.50. The lowest BCUT2D eigenvalue weighted by atomic mass is 9.80. The second-order valence-electron chi connectivity index (χ2n) is 9.60. The van der Waals surface area contributed by atoms with Gasteiger partial charge in [0.25, 0.3) is 5.91 Å². The summed E-state index contributed by atoms with van der Waals surface area (Å²) in [4.78, 5) is 17.0. The number of nitrogens with one attached hydrogen (secondary N) is 1. The van der Waals surface area contributed by atoms with Gasteiger partial charge in [-0.2, -0.15) is 13.2 Å². The summed E-state index contributed by atoms with van der Waals surface area (Å²) in [5.74, 6) is 1.24. The van der Waals surface area contributed by atoms with Gasteiger partial charge in [0, 0.05) is 11.6 Å². The zero-order chi connectivity index (χ0) is 22.2. The zero-order valence-electron chi connectivity index (χ0n) is 18.2. The Morgan fingerprint density at radius 1 is 1.19 bits per heavy atom. The summed E-state index contributed by atoms with van der Waals surface area (Å²) in [5.41, 5.74) is -0.205. The number of hydrogen-bond acceptors (Lipinski definition) is 3. The van der Waals surface area contributed by atoms with E-state index in [-0.39, 0.29) is 29.2 Å². The lowest BCUT2D eigenvalue weighted by Gasteiger charge is -2.31. The quantitative estimate of drug-likeness (QED) is 0.623. The SMILES string of the molecule is CC(C)CC(Oc1ccc(C2=NC2)c(C(F)(F)F)c1)C(=O)NC1CCC2CCCCC21. The monoisotopic (exact) mass is 436 g/mol. The maximum atomic E-state index is 13.6. The summed E-state index contributed by atoms with van der Waals surface area (Å²) in [7, 11) is 0. The van der Waals surface area contributed by atoms with E-state index in [0.29, 0.717) is 30.5 Å². The van der Waals surface area contributed by atoms with Gasteiger partial charge in [0.05, 0.1) is 17.8 Å². The number of aliphatic imine (C=N–C) groups is 1. The molecule has 1 aromatic rings. The first-order chi connectivity index (χ1) is 14.7. The van der Waals surface area contributed by atoms with Crippen LogP contribution in [0.1, 0.15) is 69.9 Å². The third kappa shape index (κ3) is 5.24. The van der Waals surface area contributed by atoms with E-state index >= 15 is 0 Å². The van der Waals surface area contributed by atoms with Gasteiger partial charge in [-0.3, -0.25) is 9.79 Å². The molecule has 170 valence electrons. The van der Waals surface area contributed by atoms with Crippen molar-refractivity contribution in [2.75, 3.05) is 6.54 Å². The van der Waals surface area contributed by atoms with Gasteiger partial charge in [-0.25, -0.2) is 0 Å². The number of carbonyl (C=O) groups excluding carboxylic acids is 1. The van der Waals surface area contributed by atoms with Crippen molar-refractivity contribution in [1.29, 1.82) is 0 Å². The molecule has 3 aliphatic rings. The molecule has 2 fully saturated rings. The second-order valence-corrected chi connectivity index (χ2v) is 9.60. The van der Waals surface area contributed by atoms with Gasteiger partial charge in [0.15, 0.2) is 6.10 Å². The average molecular weight is 437 g/mol. The molecule has 0 bridgehead atoms. The summed E-state index contributed by atoms with van der Waals surface area (Å²) < 4.78 is 46.6. The van der Waals surface area contributed by atoms with E-state index in [4.69, 9.17) is 4.74 Å². The van der Waals surface area contributed by atoms with Crippen molar-refractivity contribution in [3.05, 3.63) is 29.3 Å². The van der Waals surface area contributed by atoms with E-state index < -0.39 is 17.8 Å². The van der Waals surface area contributed by atoms with Gasteiger partial charge >= 0.3 is 6.18 Å². The van der Waals surface area contributed by atoms with Gasteiger partial charge in [-0.05, 0) is 61.6 Å². The molecule has 1 amide bonds. The van der Waals surface area contributed by atoms with Gasteiger partial charge in [0.2, 0.25) is 0 Å². The molecule has 4 nitrogen and oxygen atoms in total. The molecule has 4 atom stereocenters. The molecule has 1 N–H and O–H groups in total. The molecular weight excluding hydrogens is 405 g/mol. The third-order valence-corrected chi connectivity index (χ3v) is 6.84. The van der Waals surface area contributed by atoms with Crippen LogP contribution in [-0.4, -0.2) is 30.3 Å². The molecule has 31 heavy (non-hydrogen) atoms. The van der Waals surface area contributed by atoms with Crippen LogP contribution in [0, 0.1) is 17.8 Å². The van der Waals surface area contributed by atoms with Crippen molar-refractivity contribution >= 4 is 11.6 Å². The predicted molar refractivity (Wildman–Crippen MR) is 113 cm³/mol. The Balaban J connectivity index is 1.49. The highest BCUT2D eigenvalue weighted by atomic mass is 19.4. The molecule has 0 spiro atoms. The van der Waals surface area contributed by atoms with Gasteiger partial charge in [-0.1, -0.05) is 33.1 Å². The number of alkyl halides is 3. The van der Waals surface area contributed by atoms with Crippen LogP contribution < -0.4 is 10.1 Å². The van der Waals surface area contributed by atoms with Crippen molar-refractivity contribution in [2.45, 2.75) is 77.1 Å². The second kappa shape index (κ2) is 8.83. The van der Waals surface area contributed by atoms with Gasteiger partial charge in [-0.15, -0.1) is 0 Å². The first kappa shape index (κ1) is 22.2. The van der Waals surface area contributed by atoms with Crippen LogP contribution in [0.25, 0.3) is 0 Å². The van der Waals surface area contributed by atoms with E-state index in [0.717, 1.165) is 25.3 Å². The fraction of sp³-hybridized carbons (Fsp3) is 0.667. The molecule has 1 heterocycles. The fourth-order valence-corrected chi connectivity index (χ4v) is 5.28. The molecule has 1 aliphatic heterocycles. The number of benzene rings is 1. The lowest BCUT2D eigenvalue weighted by Crippen LogP contribution is -2.46. The van der Waals surface area contributed by atoms with Crippen LogP contribution in [0.5, 0.6) is 5.75 Å². The maximum absolute atomic E-state index is 13.6. The van der Waals surface area contributed by atoms with E-state index in [1.807, 2.05) is 13.8 Å². The largest absolute Gasteiger partial charge is 0.481 e. The van der Waals surface area contributed by atoms with Crippen LogP contribution in [0.4, 0.5) is 13.2 Å². The summed E-state index contributed by atoms with van der Waals surface area (Å²) in [5, 5.41) is 3.18. The first-order valence-electron chi connectivity index (χ1n) is 11.4. The Morgan fingerprint density at radius 3 is 2.61 bits per heavy atom. The molecule has 7 heteroatoms. The Bertz CT molecular complexity index is 850. The van der Waals surface area contributed by atoms with E-state index in [2.05, 4.69) is 10.3 Å².